The zero-order valence-electron chi connectivity index (χ0n) is 12.0. The van der Waals surface area contributed by atoms with Gasteiger partial charge in [0.15, 0.2) is 11.5 Å². The molecule has 0 aliphatic rings. The summed E-state index contributed by atoms with van der Waals surface area (Å²) in [6, 6.07) is 14.0. The summed E-state index contributed by atoms with van der Waals surface area (Å²) in [7, 11) is 0. The highest BCUT2D eigenvalue weighted by atomic mass is 35.5. The van der Waals surface area contributed by atoms with Gasteiger partial charge in [-0.2, -0.15) is 0 Å². The zero-order chi connectivity index (χ0) is 16.1. The Kier molecular flexibility index (Phi) is 4.54. The molecule has 116 valence electrons. The summed E-state index contributed by atoms with van der Waals surface area (Å²) in [5, 5.41) is 14.3. The topological polar surface area (TPSA) is 80.0 Å². The zero-order valence-corrected chi connectivity index (χ0v) is 12.7. The molecule has 0 radical (unpaired) electrons. The fourth-order valence-electron chi connectivity index (χ4n) is 1.87. The average molecular weight is 329 g/mol. The van der Waals surface area contributed by atoms with Gasteiger partial charge in [-0.15, -0.1) is 10.2 Å². The molecule has 1 amide bonds. The summed E-state index contributed by atoms with van der Waals surface area (Å²) in [5.41, 5.74) is 1.07. The summed E-state index contributed by atoms with van der Waals surface area (Å²) in [4.78, 5) is 12.0. The van der Waals surface area contributed by atoms with E-state index in [9.17, 15) is 4.79 Å². The van der Waals surface area contributed by atoms with Crippen LogP contribution in [0.1, 0.15) is 16.2 Å². The Morgan fingerprint density at radius 3 is 2.57 bits per heavy atom. The smallest absolute Gasteiger partial charge is 0.272 e. The molecule has 23 heavy (non-hydrogen) atoms. The lowest BCUT2D eigenvalue weighted by atomic mass is 10.3. The quantitative estimate of drug-likeness (QED) is 0.750. The van der Waals surface area contributed by atoms with E-state index >= 15 is 0 Å². The predicted molar refractivity (Wildman–Crippen MR) is 86.6 cm³/mol. The first kappa shape index (κ1) is 15.1. The van der Waals surface area contributed by atoms with Crippen LogP contribution in [0, 0.1) is 0 Å². The number of halogens is 1. The van der Waals surface area contributed by atoms with Crippen LogP contribution in [0.4, 0.5) is 11.5 Å². The molecule has 0 bridgehead atoms. The minimum absolute atomic E-state index is 0.234. The van der Waals surface area contributed by atoms with Crippen molar-refractivity contribution in [2.75, 3.05) is 5.32 Å². The van der Waals surface area contributed by atoms with Crippen LogP contribution in [0.3, 0.4) is 0 Å². The first-order chi connectivity index (χ1) is 11.2. The Balaban J connectivity index is 1.59. The summed E-state index contributed by atoms with van der Waals surface area (Å²) < 4.78 is 5.14. The van der Waals surface area contributed by atoms with Crippen molar-refractivity contribution in [3.8, 4) is 0 Å². The lowest BCUT2D eigenvalue weighted by Gasteiger charge is -2.06. The Bertz CT molecular complexity index is 771. The van der Waals surface area contributed by atoms with Crippen LogP contribution < -0.4 is 10.6 Å². The fraction of sp³-hybridized carbons (Fsp3) is 0.0625. The number of hydrogen-bond acceptors (Lipinski definition) is 5. The summed E-state index contributed by atoms with van der Waals surface area (Å²) in [6.45, 7) is 0.304. The van der Waals surface area contributed by atoms with E-state index in [1.54, 1.807) is 42.7 Å². The van der Waals surface area contributed by atoms with Crippen LogP contribution in [-0.2, 0) is 6.54 Å². The number of aromatic nitrogens is 2. The maximum atomic E-state index is 12.0. The van der Waals surface area contributed by atoms with E-state index in [0.29, 0.717) is 23.1 Å². The van der Waals surface area contributed by atoms with Crippen molar-refractivity contribution >= 4 is 29.0 Å². The van der Waals surface area contributed by atoms with Gasteiger partial charge in [0, 0.05) is 10.7 Å². The maximum Gasteiger partial charge on any atom is 0.272 e. The first-order valence-corrected chi connectivity index (χ1v) is 7.25. The summed E-state index contributed by atoms with van der Waals surface area (Å²) in [5.74, 6) is 0.897. The molecule has 3 rings (SSSR count). The molecule has 0 fully saturated rings. The number of nitrogens with one attached hydrogen (secondary N) is 2. The van der Waals surface area contributed by atoms with E-state index in [1.807, 2.05) is 12.1 Å². The highest BCUT2D eigenvalue weighted by molar-refractivity contribution is 6.30. The second kappa shape index (κ2) is 6.93. The molecule has 6 nitrogen and oxygen atoms in total. The Morgan fingerprint density at radius 2 is 1.91 bits per heavy atom. The van der Waals surface area contributed by atoms with Gasteiger partial charge in [0.1, 0.15) is 5.76 Å². The van der Waals surface area contributed by atoms with E-state index < -0.39 is 0 Å². The molecule has 0 aliphatic carbocycles. The standard InChI is InChI=1S/C16H13ClN4O2/c17-11-3-5-12(6-4-11)19-15-8-7-14(20-21-15)16(22)18-10-13-2-1-9-23-13/h1-9H,10H2,(H,18,22)(H,19,21). The van der Waals surface area contributed by atoms with Gasteiger partial charge in [-0.1, -0.05) is 11.6 Å². The van der Waals surface area contributed by atoms with Crippen molar-refractivity contribution in [3.63, 3.8) is 0 Å². The molecule has 2 aromatic heterocycles. The van der Waals surface area contributed by atoms with Crippen LogP contribution >= 0.6 is 11.6 Å². The molecule has 3 aromatic rings. The fourth-order valence-corrected chi connectivity index (χ4v) is 2.00. The van der Waals surface area contributed by atoms with Crippen LogP contribution in [0.15, 0.2) is 59.2 Å². The minimum Gasteiger partial charge on any atom is -0.467 e. The van der Waals surface area contributed by atoms with Gasteiger partial charge in [-0.05, 0) is 48.5 Å². The average Bonchev–Trinajstić information content (AvgIpc) is 3.09. The number of hydrogen-bond donors (Lipinski definition) is 2. The predicted octanol–water partition coefficient (Wildman–Crippen LogP) is 3.40. The molecule has 0 spiro atoms. The summed E-state index contributed by atoms with van der Waals surface area (Å²) in [6.07, 6.45) is 1.55. The number of furan rings is 1. The molecular formula is C16H13ClN4O2. The van der Waals surface area contributed by atoms with Crippen molar-refractivity contribution in [3.05, 3.63) is 71.3 Å². The Hall–Kier alpha value is -2.86. The number of nitrogens with zero attached hydrogens (tertiary/aromatic N) is 2. The third-order valence-corrected chi connectivity index (χ3v) is 3.27. The number of carbonyl (C=O) groups is 1. The molecule has 2 N–H and O–H groups in total. The molecule has 0 saturated carbocycles. The maximum absolute atomic E-state index is 12.0. The lowest BCUT2D eigenvalue weighted by Crippen LogP contribution is -2.23. The normalized spacial score (nSPS) is 10.3. The van der Waals surface area contributed by atoms with Gasteiger partial charge in [0.2, 0.25) is 0 Å². The first-order valence-electron chi connectivity index (χ1n) is 6.87. The van der Waals surface area contributed by atoms with E-state index in [-0.39, 0.29) is 11.6 Å². The number of rotatable bonds is 5. The minimum atomic E-state index is -0.313. The second-order valence-electron chi connectivity index (χ2n) is 4.70. The Labute approximate surface area is 137 Å². The molecule has 0 aliphatic heterocycles. The Morgan fingerprint density at radius 1 is 1.09 bits per heavy atom. The molecule has 7 heteroatoms. The van der Waals surface area contributed by atoms with E-state index in [0.717, 1.165) is 5.69 Å². The number of amides is 1. The van der Waals surface area contributed by atoms with Gasteiger partial charge >= 0.3 is 0 Å². The SMILES string of the molecule is O=C(NCc1ccco1)c1ccc(Nc2ccc(Cl)cc2)nn1. The van der Waals surface area contributed by atoms with Gasteiger partial charge < -0.3 is 15.1 Å². The van der Waals surface area contributed by atoms with E-state index in [1.165, 1.54) is 0 Å². The van der Waals surface area contributed by atoms with Crippen molar-refractivity contribution in [2.24, 2.45) is 0 Å². The van der Waals surface area contributed by atoms with Crippen molar-refractivity contribution < 1.29 is 9.21 Å². The molecular weight excluding hydrogens is 316 g/mol. The number of carbonyl (C=O) groups excluding carboxylic acids is 1. The molecule has 1 aromatic carbocycles. The van der Waals surface area contributed by atoms with Gasteiger partial charge in [-0.3, -0.25) is 4.79 Å². The molecule has 0 atom stereocenters. The molecule has 2 heterocycles. The van der Waals surface area contributed by atoms with Crippen molar-refractivity contribution in [2.45, 2.75) is 6.54 Å². The monoisotopic (exact) mass is 328 g/mol. The third kappa shape index (κ3) is 4.08. The largest absolute Gasteiger partial charge is 0.467 e. The van der Waals surface area contributed by atoms with Crippen LogP contribution in [-0.4, -0.2) is 16.1 Å². The van der Waals surface area contributed by atoms with Crippen LogP contribution in [0.5, 0.6) is 0 Å². The van der Waals surface area contributed by atoms with Gasteiger partial charge in [0.25, 0.3) is 5.91 Å². The van der Waals surface area contributed by atoms with Crippen molar-refractivity contribution in [1.29, 1.82) is 0 Å². The van der Waals surface area contributed by atoms with Crippen molar-refractivity contribution in [1.82, 2.24) is 15.5 Å². The highest BCUT2D eigenvalue weighted by Crippen LogP contribution is 2.17. The molecule has 0 saturated heterocycles. The van der Waals surface area contributed by atoms with E-state index in [4.69, 9.17) is 16.0 Å². The lowest BCUT2D eigenvalue weighted by molar-refractivity contribution is 0.0942. The van der Waals surface area contributed by atoms with Crippen LogP contribution in [0.25, 0.3) is 0 Å². The van der Waals surface area contributed by atoms with Crippen LogP contribution in [0.2, 0.25) is 5.02 Å². The number of benzene rings is 1. The number of anilines is 2. The van der Waals surface area contributed by atoms with Gasteiger partial charge in [0.05, 0.1) is 12.8 Å². The highest BCUT2D eigenvalue weighted by Gasteiger charge is 2.08. The van der Waals surface area contributed by atoms with E-state index in [2.05, 4.69) is 20.8 Å². The van der Waals surface area contributed by atoms with Gasteiger partial charge in [-0.25, -0.2) is 0 Å². The second-order valence-corrected chi connectivity index (χ2v) is 5.13. The third-order valence-electron chi connectivity index (χ3n) is 3.02. The molecule has 0 unspecified atom stereocenters. The summed E-state index contributed by atoms with van der Waals surface area (Å²) >= 11 is 5.83.